The summed E-state index contributed by atoms with van der Waals surface area (Å²) < 4.78 is 14.5. The molecule has 0 amide bonds. The molecule has 3 N–H and O–H groups in total. The summed E-state index contributed by atoms with van der Waals surface area (Å²) in [5, 5.41) is 9.22. The van der Waals surface area contributed by atoms with Crippen LogP contribution < -0.4 is 0 Å². The van der Waals surface area contributed by atoms with Crippen molar-refractivity contribution in [1.82, 2.24) is 0 Å². The van der Waals surface area contributed by atoms with E-state index < -0.39 is 24.5 Å². The van der Waals surface area contributed by atoms with Gasteiger partial charge in [0.05, 0.1) is 6.61 Å². The van der Waals surface area contributed by atoms with Gasteiger partial charge in [0.2, 0.25) is 0 Å². The Labute approximate surface area is 95.3 Å². The summed E-state index contributed by atoms with van der Waals surface area (Å²) in [6.07, 6.45) is -0.272. The van der Waals surface area contributed by atoms with Crippen LogP contribution in [0.4, 0.5) is 0 Å². The predicted octanol–water partition coefficient (Wildman–Crippen LogP) is 0.365. The number of hydrogen-bond acceptors (Lipinski definition) is 4. The molecule has 0 aliphatic heterocycles. The summed E-state index contributed by atoms with van der Waals surface area (Å²) in [6.45, 7) is 2.89. The highest BCUT2D eigenvalue weighted by Crippen LogP contribution is 2.36. The van der Waals surface area contributed by atoms with Gasteiger partial charge in [-0.2, -0.15) is 0 Å². The number of hydrogen-bond donors (Lipinski definition) is 3. The van der Waals surface area contributed by atoms with Crippen molar-refractivity contribution in [3.63, 3.8) is 0 Å². The average Bonchev–Trinajstić information content (AvgIpc) is 2.12. The molecule has 15 heavy (non-hydrogen) atoms. The van der Waals surface area contributed by atoms with Gasteiger partial charge in [-0.1, -0.05) is 22.5 Å². The molecule has 0 bridgehead atoms. The number of alkyl halides is 1. The molecule has 0 aromatic rings. The topological polar surface area (TPSA) is 104 Å². The molecular formula is C7H12BrO6P. The van der Waals surface area contributed by atoms with E-state index in [0.29, 0.717) is 0 Å². The SMILES string of the molecule is C=CC(=O)C(O)CC(Br)COP(=O)(O)O. The number of aliphatic hydroxyl groups is 1. The smallest absolute Gasteiger partial charge is 0.385 e. The van der Waals surface area contributed by atoms with E-state index in [2.05, 4.69) is 27.0 Å². The molecule has 0 aromatic heterocycles. The third kappa shape index (κ3) is 7.84. The molecule has 0 spiro atoms. The fraction of sp³-hybridized carbons (Fsp3) is 0.571. The lowest BCUT2D eigenvalue weighted by Crippen LogP contribution is -2.24. The van der Waals surface area contributed by atoms with Crippen LogP contribution in [0.5, 0.6) is 0 Å². The van der Waals surface area contributed by atoms with Crippen molar-refractivity contribution in [2.45, 2.75) is 17.4 Å². The Hall–Kier alpha value is -0.0400. The second-order valence-electron chi connectivity index (χ2n) is 2.74. The van der Waals surface area contributed by atoms with Crippen LogP contribution in [0.25, 0.3) is 0 Å². The number of halogens is 1. The fourth-order valence-corrected chi connectivity index (χ4v) is 1.81. The van der Waals surface area contributed by atoms with Crippen molar-refractivity contribution >= 4 is 29.5 Å². The average molecular weight is 303 g/mol. The minimum atomic E-state index is -4.51. The van der Waals surface area contributed by atoms with Gasteiger partial charge in [0.15, 0.2) is 5.78 Å². The van der Waals surface area contributed by atoms with E-state index in [1.54, 1.807) is 0 Å². The van der Waals surface area contributed by atoms with E-state index in [1.807, 2.05) is 0 Å². The second-order valence-corrected chi connectivity index (χ2v) is 5.28. The Morgan fingerprint density at radius 3 is 2.53 bits per heavy atom. The fourth-order valence-electron chi connectivity index (χ4n) is 0.740. The summed E-state index contributed by atoms with van der Waals surface area (Å²) in [5.41, 5.74) is 0. The first-order valence-electron chi connectivity index (χ1n) is 3.94. The number of ketones is 1. The van der Waals surface area contributed by atoms with Gasteiger partial charge in [-0.05, 0) is 12.5 Å². The number of carbonyl (C=O) groups excluding carboxylic acids is 1. The normalized spacial score (nSPS) is 15.7. The van der Waals surface area contributed by atoms with Crippen LogP contribution in [0.2, 0.25) is 0 Å². The second kappa shape index (κ2) is 6.52. The summed E-state index contributed by atoms with van der Waals surface area (Å²) in [7, 11) is -4.51. The maximum atomic E-state index is 10.9. The van der Waals surface area contributed by atoms with E-state index in [-0.39, 0.29) is 13.0 Å². The van der Waals surface area contributed by atoms with Gasteiger partial charge >= 0.3 is 7.82 Å². The summed E-state index contributed by atoms with van der Waals surface area (Å²) in [4.78, 5) is 27.1. The van der Waals surface area contributed by atoms with Gasteiger partial charge in [-0.25, -0.2) is 4.57 Å². The van der Waals surface area contributed by atoms with Crippen molar-refractivity contribution in [3.8, 4) is 0 Å². The molecule has 0 aliphatic carbocycles. The lowest BCUT2D eigenvalue weighted by molar-refractivity contribution is -0.122. The number of carbonyl (C=O) groups is 1. The van der Waals surface area contributed by atoms with Gasteiger partial charge in [-0.3, -0.25) is 9.32 Å². The van der Waals surface area contributed by atoms with Gasteiger partial charge in [-0.15, -0.1) is 0 Å². The van der Waals surface area contributed by atoms with Crippen LogP contribution in [-0.4, -0.2) is 38.2 Å². The monoisotopic (exact) mass is 302 g/mol. The van der Waals surface area contributed by atoms with Crippen LogP contribution in [-0.2, 0) is 13.9 Å². The van der Waals surface area contributed by atoms with Crippen LogP contribution in [0, 0.1) is 0 Å². The van der Waals surface area contributed by atoms with Crippen molar-refractivity contribution in [1.29, 1.82) is 0 Å². The number of rotatable bonds is 7. The third-order valence-electron chi connectivity index (χ3n) is 1.43. The predicted molar refractivity (Wildman–Crippen MR) is 56.5 cm³/mol. The van der Waals surface area contributed by atoms with Crippen molar-refractivity contribution in [2.75, 3.05) is 6.61 Å². The standard InChI is InChI=1S/C7H12BrO6P/c1-2-6(9)7(10)3-5(8)4-14-15(11,12)13/h2,5,7,10H,1,3-4H2,(H2,11,12,13). The number of phosphoric acid groups is 1. The van der Waals surface area contributed by atoms with Crippen molar-refractivity contribution in [2.24, 2.45) is 0 Å². The van der Waals surface area contributed by atoms with Crippen molar-refractivity contribution < 1.29 is 28.8 Å². The molecule has 0 aromatic carbocycles. The van der Waals surface area contributed by atoms with E-state index >= 15 is 0 Å². The molecule has 6 nitrogen and oxygen atoms in total. The molecule has 8 heteroatoms. The lowest BCUT2D eigenvalue weighted by Gasteiger charge is -2.13. The minimum Gasteiger partial charge on any atom is -0.385 e. The Bertz CT molecular complexity index is 275. The molecule has 0 saturated heterocycles. The summed E-state index contributed by atoms with van der Waals surface area (Å²) in [6, 6.07) is 0. The Morgan fingerprint density at radius 1 is 1.60 bits per heavy atom. The zero-order valence-corrected chi connectivity index (χ0v) is 10.2. The third-order valence-corrected chi connectivity index (χ3v) is 2.56. The number of phosphoric ester groups is 1. The molecule has 0 heterocycles. The van der Waals surface area contributed by atoms with Crippen LogP contribution in [0.15, 0.2) is 12.7 Å². The molecule has 88 valence electrons. The van der Waals surface area contributed by atoms with Crippen LogP contribution in [0.1, 0.15) is 6.42 Å². The zero-order valence-electron chi connectivity index (χ0n) is 7.74. The first-order chi connectivity index (χ1) is 6.76. The minimum absolute atomic E-state index is 0.00907. The Kier molecular flexibility index (Phi) is 6.51. The van der Waals surface area contributed by atoms with Crippen molar-refractivity contribution in [3.05, 3.63) is 12.7 Å². The lowest BCUT2D eigenvalue weighted by atomic mass is 10.1. The maximum Gasteiger partial charge on any atom is 0.469 e. The van der Waals surface area contributed by atoms with Gasteiger partial charge in [0.25, 0.3) is 0 Å². The number of aliphatic hydroxyl groups excluding tert-OH is 1. The zero-order chi connectivity index (χ0) is 12.1. The van der Waals surface area contributed by atoms with E-state index in [4.69, 9.17) is 9.79 Å². The molecule has 0 rings (SSSR count). The quantitative estimate of drug-likeness (QED) is 0.356. The molecule has 2 unspecified atom stereocenters. The highest BCUT2D eigenvalue weighted by molar-refractivity contribution is 9.09. The van der Waals surface area contributed by atoms with Gasteiger partial charge in [0.1, 0.15) is 6.10 Å². The molecule has 0 radical (unpaired) electrons. The van der Waals surface area contributed by atoms with Crippen LogP contribution in [0.3, 0.4) is 0 Å². The van der Waals surface area contributed by atoms with E-state index in [1.165, 1.54) is 0 Å². The van der Waals surface area contributed by atoms with E-state index in [9.17, 15) is 14.5 Å². The Morgan fingerprint density at radius 2 is 2.13 bits per heavy atom. The summed E-state index contributed by atoms with van der Waals surface area (Å²) in [5.74, 6) is -0.546. The Balaban J connectivity index is 3.93. The molecular weight excluding hydrogens is 291 g/mol. The highest BCUT2D eigenvalue weighted by atomic mass is 79.9. The highest BCUT2D eigenvalue weighted by Gasteiger charge is 2.20. The van der Waals surface area contributed by atoms with Gasteiger partial charge in [0, 0.05) is 4.83 Å². The molecule has 2 atom stereocenters. The first kappa shape index (κ1) is 15.0. The molecule has 0 fully saturated rings. The van der Waals surface area contributed by atoms with E-state index in [0.717, 1.165) is 6.08 Å². The summed E-state index contributed by atoms with van der Waals surface area (Å²) >= 11 is 3.01. The molecule has 0 aliphatic rings. The van der Waals surface area contributed by atoms with Crippen LogP contribution >= 0.6 is 23.8 Å². The maximum absolute atomic E-state index is 10.9. The first-order valence-corrected chi connectivity index (χ1v) is 6.39. The molecule has 0 saturated carbocycles. The van der Waals surface area contributed by atoms with Gasteiger partial charge < -0.3 is 14.9 Å². The largest absolute Gasteiger partial charge is 0.469 e.